The largest absolute Gasteiger partial charge is 0.497 e. The molecule has 0 aliphatic carbocycles. The van der Waals surface area contributed by atoms with Gasteiger partial charge in [-0.15, -0.1) is 0 Å². The van der Waals surface area contributed by atoms with E-state index < -0.39 is 0 Å². The van der Waals surface area contributed by atoms with E-state index >= 15 is 0 Å². The second-order valence-electron chi connectivity index (χ2n) is 5.00. The van der Waals surface area contributed by atoms with Crippen LogP contribution in [0.25, 0.3) is 0 Å². The third-order valence-corrected chi connectivity index (χ3v) is 3.71. The number of benzene rings is 2. The van der Waals surface area contributed by atoms with E-state index in [2.05, 4.69) is 55.6 Å². The van der Waals surface area contributed by atoms with E-state index in [4.69, 9.17) is 4.74 Å². The summed E-state index contributed by atoms with van der Waals surface area (Å²) < 4.78 is 5.19. The van der Waals surface area contributed by atoms with Gasteiger partial charge in [0.1, 0.15) is 5.75 Å². The van der Waals surface area contributed by atoms with Crippen LogP contribution in [-0.4, -0.2) is 7.11 Å². The molecule has 2 aromatic carbocycles. The van der Waals surface area contributed by atoms with E-state index in [1.165, 1.54) is 16.7 Å². The molecular weight excluding hydrogens is 246 g/mol. The van der Waals surface area contributed by atoms with E-state index in [9.17, 15) is 0 Å². The lowest BCUT2D eigenvalue weighted by atomic mass is 10.0. The second-order valence-corrected chi connectivity index (χ2v) is 5.00. The molecule has 2 nitrogen and oxygen atoms in total. The molecule has 0 aliphatic heterocycles. The summed E-state index contributed by atoms with van der Waals surface area (Å²) in [4.78, 5) is 0. The van der Waals surface area contributed by atoms with Gasteiger partial charge >= 0.3 is 0 Å². The minimum absolute atomic E-state index is 0.325. The van der Waals surface area contributed by atoms with Gasteiger partial charge in [0, 0.05) is 12.6 Å². The van der Waals surface area contributed by atoms with Crippen LogP contribution in [0.1, 0.15) is 36.6 Å². The summed E-state index contributed by atoms with van der Waals surface area (Å²) in [7, 11) is 1.69. The lowest BCUT2D eigenvalue weighted by molar-refractivity contribution is 0.414. The molecule has 0 fully saturated rings. The molecule has 0 bridgehead atoms. The van der Waals surface area contributed by atoms with Crippen LogP contribution >= 0.6 is 0 Å². The molecule has 1 N–H and O–H groups in total. The average molecular weight is 269 g/mol. The molecule has 20 heavy (non-hydrogen) atoms. The van der Waals surface area contributed by atoms with Crippen LogP contribution in [0.5, 0.6) is 5.75 Å². The van der Waals surface area contributed by atoms with Crippen LogP contribution < -0.4 is 10.1 Å². The lowest BCUT2D eigenvalue weighted by Crippen LogP contribution is -2.18. The molecule has 0 saturated heterocycles. The highest BCUT2D eigenvalue weighted by Crippen LogP contribution is 2.18. The summed E-state index contributed by atoms with van der Waals surface area (Å²) >= 11 is 0. The summed E-state index contributed by atoms with van der Waals surface area (Å²) in [6.07, 6.45) is 1.08. The zero-order valence-electron chi connectivity index (χ0n) is 12.5. The van der Waals surface area contributed by atoms with Crippen molar-refractivity contribution in [2.45, 2.75) is 32.9 Å². The number of aryl methyl sites for hydroxylation is 1. The fourth-order valence-electron chi connectivity index (χ4n) is 2.35. The van der Waals surface area contributed by atoms with Crippen molar-refractivity contribution in [1.82, 2.24) is 5.32 Å². The van der Waals surface area contributed by atoms with E-state index in [0.29, 0.717) is 6.04 Å². The molecule has 0 radical (unpaired) electrons. The molecule has 0 aliphatic rings. The van der Waals surface area contributed by atoms with Gasteiger partial charge in [0.2, 0.25) is 0 Å². The van der Waals surface area contributed by atoms with Gasteiger partial charge in [-0.05, 0) is 42.2 Å². The third-order valence-electron chi connectivity index (χ3n) is 3.71. The van der Waals surface area contributed by atoms with Gasteiger partial charge in [0.25, 0.3) is 0 Å². The summed E-state index contributed by atoms with van der Waals surface area (Å²) in [6, 6.07) is 17.2. The Hall–Kier alpha value is -1.80. The zero-order valence-corrected chi connectivity index (χ0v) is 12.5. The first-order valence-corrected chi connectivity index (χ1v) is 7.18. The van der Waals surface area contributed by atoms with Gasteiger partial charge in [-0.25, -0.2) is 0 Å². The maximum absolute atomic E-state index is 5.19. The monoisotopic (exact) mass is 269 g/mol. The number of ether oxygens (including phenoxy) is 1. The van der Waals surface area contributed by atoms with Gasteiger partial charge in [-0.1, -0.05) is 43.3 Å². The Labute approximate surface area is 121 Å². The van der Waals surface area contributed by atoms with Gasteiger partial charge in [0.15, 0.2) is 0 Å². The molecular formula is C18H23NO. The van der Waals surface area contributed by atoms with Crippen LogP contribution in [0.2, 0.25) is 0 Å². The van der Waals surface area contributed by atoms with Crippen molar-refractivity contribution in [2.24, 2.45) is 0 Å². The SMILES string of the molecule is CCc1ccccc1CN[C@@H](C)c1ccc(OC)cc1. The standard InChI is InChI=1S/C18H23NO/c1-4-15-7-5-6-8-17(15)13-19-14(2)16-9-11-18(20-3)12-10-16/h5-12,14,19H,4,13H2,1-3H3/t14-/m0/s1. The van der Waals surface area contributed by atoms with Crippen molar-refractivity contribution in [1.29, 1.82) is 0 Å². The predicted octanol–water partition coefficient (Wildman–Crippen LogP) is 4.11. The molecule has 2 rings (SSSR count). The summed E-state index contributed by atoms with van der Waals surface area (Å²) in [5.41, 5.74) is 4.08. The van der Waals surface area contributed by atoms with Crippen LogP contribution in [0, 0.1) is 0 Å². The molecule has 106 valence electrons. The van der Waals surface area contributed by atoms with Crippen LogP contribution in [0.15, 0.2) is 48.5 Å². The Morgan fingerprint density at radius 2 is 1.65 bits per heavy atom. The number of rotatable bonds is 6. The molecule has 2 aromatic rings. The maximum atomic E-state index is 5.19. The number of nitrogens with one attached hydrogen (secondary N) is 1. The van der Waals surface area contributed by atoms with Crippen molar-refractivity contribution in [3.63, 3.8) is 0 Å². The highest BCUT2D eigenvalue weighted by molar-refractivity contribution is 5.30. The first-order valence-electron chi connectivity index (χ1n) is 7.18. The first-order chi connectivity index (χ1) is 9.74. The van der Waals surface area contributed by atoms with Crippen molar-refractivity contribution in [3.8, 4) is 5.75 Å². The van der Waals surface area contributed by atoms with Crippen molar-refractivity contribution in [3.05, 3.63) is 65.2 Å². The number of hydrogen-bond acceptors (Lipinski definition) is 2. The Kier molecular flexibility index (Phi) is 5.19. The molecule has 0 amide bonds. The average Bonchev–Trinajstić information content (AvgIpc) is 2.53. The molecule has 0 saturated carbocycles. The van der Waals surface area contributed by atoms with Crippen LogP contribution in [-0.2, 0) is 13.0 Å². The summed E-state index contributed by atoms with van der Waals surface area (Å²) in [6.45, 7) is 5.29. The molecule has 1 atom stereocenters. The van der Waals surface area contributed by atoms with Gasteiger partial charge in [0.05, 0.1) is 7.11 Å². The van der Waals surface area contributed by atoms with Crippen molar-refractivity contribution >= 4 is 0 Å². The van der Waals surface area contributed by atoms with Crippen LogP contribution in [0.4, 0.5) is 0 Å². The minimum Gasteiger partial charge on any atom is -0.497 e. The Morgan fingerprint density at radius 1 is 1.00 bits per heavy atom. The van der Waals surface area contributed by atoms with E-state index in [1.54, 1.807) is 7.11 Å². The highest BCUT2D eigenvalue weighted by Gasteiger charge is 2.06. The normalized spacial score (nSPS) is 12.2. The Balaban J connectivity index is 1.98. The fourth-order valence-corrected chi connectivity index (χ4v) is 2.35. The van der Waals surface area contributed by atoms with Crippen molar-refractivity contribution in [2.75, 3.05) is 7.11 Å². The number of methoxy groups -OCH3 is 1. The van der Waals surface area contributed by atoms with Gasteiger partial charge < -0.3 is 10.1 Å². The molecule has 0 spiro atoms. The second kappa shape index (κ2) is 7.11. The van der Waals surface area contributed by atoms with Gasteiger partial charge in [-0.3, -0.25) is 0 Å². The summed E-state index contributed by atoms with van der Waals surface area (Å²) in [5, 5.41) is 3.59. The molecule has 0 unspecified atom stereocenters. The predicted molar refractivity (Wildman–Crippen MR) is 84.1 cm³/mol. The van der Waals surface area contributed by atoms with E-state index in [0.717, 1.165) is 18.7 Å². The Morgan fingerprint density at radius 3 is 2.25 bits per heavy atom. The van der Waals surface area contributed by atoms with Crippen LogP contribution in [0.3, 0.4) is 0 Å². The zero-order chi connectivity index (χ0) is 14.4. The molecule has 0 aromatic heterocycles. The number of hydrogen-bond donors (Lipinski definition) is 1. The topological polar surface area (TPSA) is 21.3 Å². The summed E-state index contributed by atoms with van der Waals surface area (Å²) in [5.74, 6) is 0.900. The van der Waals surface area contributed by atoms with Gasteiger partial charge in [-0.2, -0.15) is 0 Å². The fraction of sp³-hybridized carbons (Fsp3) is 0.333. The Bertz CT molecular complexity index is 533. The van der Waals surface area contributed by atoms with Crippen molar-refractivity contribution < 1.29 is 4.74 Å². The van der Waals surface area contributed by atoms with E-state index in [-0.39, 0.29) is 0 Å². The maximum Gasteiger partial charge on any atom is 0.118 e. The smallest absolute Gasteiger partial charge is 0.118 e. The third kappa shape index (κ3) is 3.61. The molecule has 0 heterocycles. The lowest BCUT2D eigenvalue weighted by Gasteiger charge is -2.16. The quantitative estimate of drug-likeness (QED) is 0.852. The van der Waals surface area contributed by atoms with E-state index in [1.807, 2.05) is 12.1 Å². The molecule has 2 heteroatoms. The first kappa shape index (κ1) is 14.6. The highest BCUT2D eigenvalue weighted by atomic mass is 16.5. The minimum atomic E-state index is 0.325.